The predicted octanol–water partition coefficient (Wildman–Crippen LogP) is 2.72. The minimum absolute atomic E-state index is 0.247. The average Bonchev–Trinajstić information content (AvgIpc) is 3.55. The van der Waals surface area contributed by atoms with Crippen LogP contribution in [0.15, 0.2) is 61.2 Å². The molecule has 1 saturated heterocycles. The molecule has 9 nitrogen and oxygen atoms in total. The zero-order valence-electron chi connectivity index (χ0n) is 17.4. The molecule has 1 unspecified atom stereocenters. The number of benzene rings is 2. The van der Waals surface area contributed by atoms with Gasteiger partial charge in [-0.3, -0.25) is 4.79 Å². The molecule has 3 heterocycles. The predicted molar refractivity (Wildman–Crippen MR) is 117 cm³/mol. The van der Waals surface area contributed by atoms with Crippen molar-refractivity contribution in [3.8, 4) is 11.4 Å². The van der Waals surface area contributed by atoms with E-state index in [1.165, 1.54) is 28.1 Å². The molecule has 168 valence electrons. The number of hydrogen-bond donors (Lipinski definition) is 0. The molecular formula is C22H19ClFN7O2. The maximum Gasteiger partial charge on any atom is 0.256 e. The van der Waals surface area contributed by atoms with E-state index in [1.54, 1.807) is 47.6 Å². The Hall–Kier alpha value is -3.63. The summed E-state index contributed by atoms with van der Waals surface area (Å²) in [5.41, 5.74) is 1.84. The number of morpholine rings is 1. The average molecular weight is 468 g/mol. The molecule has 1 fully saturated rings. The highest BCUT2D eigenvalue weighted by molar-refractivity contribution is 6.33. The van der Waals surface area contributed by atoms with Crippen LogP contribution in [0.5, 0.6) is 0 Å². The summed E-state index contributed by atoms with van der Waals surface area (Å²) >= 11 is 6.40. The molecule has 33 heavy (non-hydrogen) atoms. The first kappa shape index (κ1) is 21.2. The van der Waals surface area contributed by atoms with Crippen LogP contribution in [0.2, 0.25) is 5.02 Å². The van der Waals surface area contributed by atoms with Crippen molar-refractivity contribution < 1.29 is 13.9 Å². The summed E-state index contributed by atoms with van der Waals surface area (Å²) in [6.45, 7) is 1.03. The molecule has 4 aromatic rings. The maximum absolute atomic E-state index is 14.7. The van der Waals surface area contributed by atoms with E-state index in [0.717, 1.165) is 0 Å². The van der Waals surface area contributed by atoms with Gasteiger partial charge in [0.2, 0.25) is 0 Å². The van der Waals surface area contributed by atoms with Crippen molar-refractivity contribution in [1.82, 2.24) is 34.9 Å². The second-order valence-corrected chi connectivity index (χ2v) is 7.89. The Balaban J connectivity index is 1.46. The molecule has 11 heteroatoms. The lowest BCUT2D eigenvalue weighted by Gasteiger charge is -2.36. The van der Waals surface area contributed by atoms with Gasteiger partial charge in [-0.25, -0.2) is 4.39 Å². The number of hydrogen-bond acceptors (Lipinski definition) is 6. The van der Waals surface area contributed by atoms with Gasteiger partial charge in [-0.1, -0.05) is 17.7 Å². The Kier molecular flexibility index (Phi) is 5.84. The zero-order chi connectivity index (χ0) is 22.8. The van der Waals surface area contributed by atoms with Crippen molar-refractivity contribution in [3.05, 3.63) is 83.2 Å². The standard InChI is InChI=1S/C22H19ClFN7O2/c23-19-3-1-2-18(21(19)31-27-8-9-28-31)22(32)29-10-11-33-14-17(29)13-15-12-16(4-5-20(15)24)30-25-6-7-26-30/h1-9,12,17H,10-11,13-14H2. The minimum atomic E-state index is -0.376. The third kappa shape index (κ3) is 4.22. The number of carbonyl (C=O) groups excluding carboxylic acids is 1. The first-order valence-corrected chi connectivity index (χ1v) is 10.7. The second-order valence-electron chi connectivity index (χ2n) is 7.48. The van der Waals surface area contributed by atoms with Gasteiger partial charge >= 0.3 is 0 Å². The van der Waals surface area contributed by atoms with Gasteiger partial charge in [-0.2, -0.15) is 25.2 Å². The fourth-order valence-corrected chi connectivity index (χ4v) is 4.16. The number of carbonyl (C=O) groups is 1. The van der Waals surface area contributed by atoms with Gasteiger partial charge in [-0.05, 0) is 42.3 Å². The van der Waals surface area contributed by atoms with Crippen molar-refractivity contribution in [2.75, 3.05) is 19.8 Å². The highest BCUT2D eigenvalue weighted by atomic mass is 35.5. The van der Waals surface area contributed by atoms with E-state index in [-0.39, 0.29) is 30.8 Å². The van der Waals surface area contributed by atoms with E-state index >= 15 is 0 Å². The number of amides is 1. The molecule has 0 spiro atoms. The number of aromatic nitrogens is 6. The highest BCUT2D eigenvalue weighted by Crippen LogP contribution is 2.27. The van der Waals surface area contributed by atoms with Crippen LogP contribution in [0, 0.1) is 5.82 Å². The molecule has 0 N–H and O–H groups in total. The first-order valence-electron chi connectivity index (χ1n) is 10.3. The van der Waals surface area contributed by atoms with Crippen LogP contribution in [-0.4, -0.2) is 66.6 Å². The van der Waals surface area contributed by atoms with E-state index in [4.69, 9.17) is 16.3 Å². The molecule has 1 atom stereocenters. The Labute approximate surface area is 193 Å². The van der Waals surface area contributed by atoms with Crippen LogP contribution >= 0.6 is 11.6 Å². The Morgan fingerprint density at radius 1 is 1.06 bits per heavy atom. The smallest absolute Gasteiger partial charge is 0.256 e. The third-order valence-corrected chi connectivity index (χ3v) is 5.76. The van der Waals surface area contributed by atoms with E-state index in [0.29, 0.717) is 40.7 Å². The third-order valence-electron chi connectivity index (χ3n) is 5.46. The lowest BCUT2D eigenvalue weighted by Crippen LogP contribution is -2.50. The topological polar surface area (TPSA) is 91.0 Å². The highest BCUT2D eigenvalue weighted by Gasteiger charge is 2.31. The first-order chi connectivity index (χ1) is 16.1. The number of nitrogens with zero attached hydrogens (tertiary/aromatic N) is 7. The van der Waals surface area contributed by atoms with Crippen molar-refractivity contribution in [3.63, 3.8) is 0 Å². The molecule has 1 aliphatic heterocycles. The second kappa shape index (κ2) is 9.08. The van der Waals surface area contributed by atoms with E-state index < -0.39 is 0 Å². The van der Waals surface area contributed by atoms with Gasteiger partial charge < -0.3 is 9.64 Å². The summed E-state index contributed by atoms with van der Waals surface area (Å²) in [7, 11) is 0. The van der Waals surface area contributed by atoms with Gasteiger partial charge in [-0.15, -0.1) is 4.80 Å². The summed E-state index contributed by atoms with van der Waals surface area (Å²) in [4.78, 5) is 18.1. The largest absolute Gasteiger partial charge is 0.377 e. The number of para-hydroxylation sites is 1. The van der Waals surface area contributed by atoms with Gasteiger partial charge in [0, 0.05) is 6.54 Å². The van der Waals surface area contributed by atoms with Crippen molar-refractivity contribution in [2.45, 2.75) is 12.5 Å². The lowest BCUT2D eigenvalue weighted by molar-refractivity contribution is -0.00185. The number of halogens is 2. The molecule has 1 aliphatic rings. The molecule has 0 bridgehead atoms. The van der Waals surface area contributed by atoms with Crippen molar-refractivity contribution >= 4 is 17.5 Å². The Morgan fingerprint density at radius 3 is 2.55 bits per heavy atom. The molecule has 1 amide bonds. The van der Waals surface area contributed by atoms with E-state index in [1.807, 2.05) is 0 Å². The molecule has 2 aromatic carbocycles. The monoisotopic (exact) mass is 467 g/mol. The molecule has 0 radical (unpaired) electrons. The fraction of sp³-hybridized carbons (Fsp3) is 0.227. The lowest BCUT2D eigenvalue weighted by atomic mass is 10.0. The van der Waals surface area contributed by atoms with Crippen LogP contribution in [0.1, 0.15) is 15.9 Å². The van der Waals surface area contributed by atoms with Crippen LogP contribution in [0.4, 0.5) is 4.39 Å². The molecule has 0 saturated carbocycles. The van der Waals surface area contributed by atoms with Crippen LogP contribution in [0.25, 0.3) is 11.4 Å². The van der Waals surface area contributed by atoms with E-state index in [9.17, 15) is 9.18 Å². The summed E-state index contributed by atoms with van der Waals surface area (Å²) in [6, 6.07) is 9.36. The van der Waals surface area contributed by atoms with Crippen molar-refractivity contribution in [1.29, 1.82) is 0 Å². The van der Waals surface area contributed by atoms with Gasteiger partial charge in [0.15, 0.2) is 0 Å². The molecule has 2 aromatic heterocycles. The van der Waals surface area contributed by atoms with Crippen LogP contribution < -0.4 is 0 Å². The van der Waals surface area contributed by atoms with Crippen molar-refractivity contribution in [2.24, 2.45) is 0 Å². The summed E-state index contributed by atoms with van der Waals surface area (Å²) in [6.07, 6.45) is 6.40. The normalized spacial score (nSPS) is 16.2. The summed E-state index contributed by atoms with van der Waals surface area (Å²) in [5, 5.41) is 16.8. The van der Waals surface area contributed by atoms with Gasteiger partial charge in [0.25, 0.3) is 5.91 Å². The SMILES string of the molecule is O=C(c1cccc(Cl)c1-n1nccn1)N1CCOCC1Cc1cc(-n2nccn2)ccc1F. The van der Waals surface area contributed by atoms with Crippen LogP contribution in [-0.2, 0) is 11.2 Å². The Morgan fingerprint density at radius 2 is 1.79 bits per heavy atom. The Bertz CT molecular complexity index is 1260. The molecule has 5 rings (SSSR count). The van der Waals surface area contributed by atoms with Gasteiger partial charge in [0.1, 0.15) is 11.5 Å². The maximum atomic E-state index is 14.7. The molecule has 0 aliphatic carbocycles. The quantitative estimate of drug-likeness (QED) is 0.448. The van der Waals surface area contributed by atoms with Gasteiger partial charge in [0.05, 0.1) is 60.3 Å². The van der Waals surface area contributed by atoms with E-state index in [2.05, 4.69) is 20.4 Å². The number of ether oxygens (including phenoxy) is 1. The summed E-state index contributed by atoms with van der Waals surface area (Å²) < 4.78 is 20.3. The molecular weight excluding hydrogens is 449 g/mol. The zero-order valence-corrected chi connectivity index (χ0v) is 18.1. The van der Waals surface area contributed by atoms with Crippen LogP contribution in [0.3, 0.4) is 0 Å². The summed E-state index contributed by atoms with van der Waals surface area (Å²) in [5.74, 6) is -0.614. The number of rotatable bonds is 5. The fourth-order valence-electron chi connectivity index (χ4n) is 3.91. The minimum Gasteiger partial charge on any atom is -0.377 e.